The Bertz CT molecular complexity index is 522. The third-order valence-corrected chi connectivity index (χ3v) is 3.28. The summed E-state index contributed by atoms with van der Waals surface area (Å²) in [7, 11) is 0. The molecule has 3 N–H and O–H groups in total. The second-order valence-corrected chi connectivity index (χ2v) is 4.64. The van der Waals surface area contributed by atoms with E-state index >= 15 is 0 Å². The van der Waals surface area contributed by atoms with E-state index in [1.54, 1.807) is 6.20 Å². The van der Waals surface area contributed by atoms with E-state index in [0.717, 1.165) is 35.1 Å². The number of hydrogen-bond acceptors (Lipinski definition) is 3. The number of benzene rings is 1. The van der Waals surface area contributed by atoms with Crippen LogP contribution in [0.25, 0.3) is 10.9 Å². The molecule has 0 aliphatic heterocycles. The average Bonchev–Trinajstić information content (AvgIpc) is 2.41. The van der Waals surface area contributed by atoms with E-state index < -0.39 is 0 Å². The zero-order valence-corrected chi connectivity index (χ0v) is 11.1. The maximum Gasteiger partial charge on any atom is 0.0743 e. The van der Waals surface area contributed by atoms with Crippen molar-refractivity contribution in [1.29, 1.82) is 0 Å². The summed E-state index contributed by atoms with van der Waals surface area (Å²) in [4.78, 5) is 4.36. The minimum atomic E-state index is 0.475. The molecule has 0 fully saturated rings. The monoisotopic (exact) mass is 243 g/mol. The first-order valence-corrected chi connectivity index (χ1v) is 6.66. The number of rotatable bonds is 5. The zero-order chi connectivity index (χ0) is 13.0. The lowest BCUT2D eigenvalue weighted by Gasteiger charge is -2.20. The first-order chi connectivity index (χ1) is 8.76. The first-order valence-electron chi connectivity index (χ1n) is 6.66. The third-order valence-electron chi connectivity index (χ3n) is 3.28. The molecular weight excluding hydrogens is 222 g/mol. The van der Waals surface area contributed by atoms with Gasteiger partial charge in [0.2, 0.25) is 0 Å². The Labute approximate surface area is 108 Å². The highest BCUT2D eigenvalue weighted by Crippen LogP contribution is 2.29. The van der Waals surface area contributed by atoms with Gasteiger partial charge in [-0.2, -0.15) is 0 Å². The molecule has 0 saturated carbocycles. The van der Waals surface area contributed by atoms with E-state index in [0.29, 0.717) is 6.04 Å². The molecule has 1 unspecified atom stereocenters. The number of hydrogen-bond donors (Lipinski definition) is 2. The highest BCUT2D eigenvalue weighted by Gasteiger charge is 2.10. The van der Waals surface area contributed by atoms with Gasteiger partial charge in [0.05, 0.1) is 23.1 Å². The highest BCUT2D eigenvalue weighted by molar-refractivity contribution is 5.96. The van der Waals surface area contributed by atoms with Crippen molar-refractivity contribution in [2.24, 2.45) is 0 Å². The van der Waals surface area contributed by atoms with Crippen LogP contribution in [0, 0.1) is 0 Å². The predicted octanol–water partition coefficient (Wildman–Crippen LogP) is 3.81. The highest BCUT2D eigenvalue weighted by atomic mass is 14.9. The van der Waals surface area contributed by atoms with Crippen LogP contribution in [0.15, 0.2) is 30.5 Å². The average molecular weight is 243 g/mol. The summed E-state index contributed by atoms with van der Waals surface area (Å²) in [6.45, 7) is 4.41. The maximum atomic E-state index is 6.06. The number of pyridine rings is 1. The molecule has 0 amide bonds. The fraction of sp³-hybridized carbons (Fsp3) is 0.400. The van der Waals surface area contributed by atoms with Gasteiger partial charge in [-0.3, -0.25) is 4.98 Å². The van der Waals surface area contributed by atoms with Crippen molar-refractivity contribution in [3.8, 4) is 0 Å². The van der Waals surface area contributed by atoms with Crippen LogP contribution < -0.4 is 11.1 Å². The third kappa shape index (κ3) is 2.55. The number of fused-ring (bicyclic) bond motifs is 1. The smallest absolute Gasteiger partial charge is 0.0743 e. The Kier molecular flexibility index (Phi) is 4.03. The summed E-state index contributed by atoms with van der Waals surface area (Å²) < 4.78 is 0. The van der Waals surface area contributed by atoms with E-state index in [4.69, 9.17) is 5.73 Å². The molecule has 0 aliphatic rings. The van der Waals surface area contributed by atoms with Crippen molar-refractivity contribution in [3.05, 3.63) is 30.5 Å². The minimum absolute atomic E-state index is 0.475. The molecule has 3 heteroatoms. The van der Waals surface area contributed by atoms with Crippen LogP contribution in [0.2, 0.25) is 0 Å². The van der Waals surface area contributed by atoms with Gasteiger partial charge >= 0.3 is 0 Å². The molecule has 0 bridgehead atoms. The summed E-state index contributed by atoms with van der Waals surface area (Å²) in [5, 5.41) is 4.68. The Morgan fingerprint density at radius 2 is 2.06 bits per heavy atom. The summed E-state index contributed by atoms with van der Waals surface area (Å²) in [6, 6.07) is 8.58. The van der Waals surface area contributed by atoms with Gasteiger partial charge in [0.25, 0.3) is 0 Å². The van der Waals surface area contributed by atoms with Crippen LogP contribution in [-0.4, -0.2) is 11.0 Å². The van der Waals surface area contributed by atoms with E-state index in [1.165, 1.54) is 6.42 Å². The number of nitrogens with two attached hydrogens (primary N) is 1. The van der Waals surface area contributed by atoms with Gasteiger partial charge in [0.15, 0.2) is 0 Å². The number of nitrogens with zero attached hydrogens (tertiary/aromatic N) is 1. The molecule has 3 nitrogen and oxygen atoms in total. The van der Waals surface area contributed by atoms with Gasteiger partial charge in [-0.25, -0.2) is 0 Å². The standard InChI is InChI=1S/C15H21N3/c1-3-7-11(4-2)18-15-12-8-5-6-9-14(12)17-10-13(15)16/h5-6,8-11H,3-4,7,16H2,1-2H3,(H,17,18). The van der Waals surface area contributed by atoms with Gasteiger partial charge < -0.3 is 11.1 Å². The lowest BCUT2D eigenvalue weighted by Crippen LogP contribution is -2.19. The maximum absolute atomic E-state index is 6.06. The molecule has 1 aromatic heterocycles. The molecule has 0 radical (unpaired) electrons. The minimum Gasteiger partial charge on any atom is -0.396 e. The zero-order valence-electron chi connectivity index (χ0n) is 11.1. The Hall–Kier alpha value is -1.77. The number of nitrogens with one attached hydrogen (secondary N) is 1. The van der Waals surface area contributed by atoms with Gasteiger partial charge in [0, 0.05) is 11.4 Å². The first kappa shape index (κ1) is 12.7. The van der Waals surface area contributed by atoms with Crippen molar-refractivity contribution in [3.63, 3.8) is 0 Å². The van der Waals surface area contributed by atoms with Crippen LogP contribution in [0.3, 0.4) is 0 Å². The van der Waals surface area contributed by atoms with Gasteiger partial charge in [-0.05, 0) is 18.9 Å². The quantitative estimate of drug-likeness (QED) is 0.839. The Morgan fingerprint density at radius 1 is 1.28 bits per heavy atom. The summed E-state index contributed by atoms with van der Waals surface area (Å²) in [5.41, 5.74) is 8.80. The second kappa shape index (κ2) is 5.71. The van der Waals surface area contributed by atoms with E-state index in [1.807, 2.05) is 18.2 Å². The summed E-state index contributed by atoms with van der Waals surface area (Å²) in [6.07, 6.45) is 5.17. The van der Waals surface area contributed by atoms with Crippen LogP contribution in [0.4, 0.5) is 11.4 Å². The lowest BCUT2D eigenvalue weighted by molar-refractivity contribution is 0.623. The van der Waals surface area contributed by atoms with Crippen molar-refractivity contribution in [1.82, 2.24) is 4.98 Å². The SMILES string of the molecule is CCCC(CC)Nc1c(N)cnc2ccccc12. The van der Waals surface area contributed by atoms with Crippen molar-refractivity contribution < 1.29 is 0 Å². The number of aromatic nitrogens is 1. The molecule has 2 rings (SSSR count). The molecule has 0 spiro atoms. The van der Waals surface area contributed by atoms with Gasteiger partial charge in [-0.1, -0.05) is 38.5 Å². The normalized spacial score (nSPS) is 12.6. The molecule has 18 heavy (non-hydrogen) atoms. The Morgan fingerprint density at radius 3 is 2.78 bits per heavy atom. The molecule has 1 heterocycles. The fourth-order valence-electron chi connectivity index (χ4n) is 2.25. The van der Waals surface area contributed by atoms with Crippen molar-refractivity contribution in [2.75, 3.05) is 11.1 Å². The van der Waals surface area contributed by atoms with Crippen LogP contribution >= 0.6 is 0 Å². The predicted molar refractivity (Wildman–Crippen MR) is 78.8 cm³/mol. The largest absolute Gasteiger partial charge is 0.396 e. The number of para-hydroxylation sites is 1. The van der Waals surface area contributed by atoms with Gasteiger partial charge in [-0.15, -0.1) is 0 Å². The Balaban J connectivity index is 2.39. The van der Waals surface area contributed by atoms with Crippen LogP contribution in [0.5, 0.6) is 0 Å². The molecule has 0 aliphatic carbocycles. The number of nitrogen functional groups attached to an aromatic ring is 1. The van der Waals surface area contributed by atoms with E-state index in [2.05, 4.69) is 30.2 Å². The second-order valence-electron chi connectivity index (χ2n) is 4.64. The topological polar surface area (TPSA) is 50.9 Å². The summed E-state index contributed by atoms with van der Waals surface area (Å²) >= 11 is 0. The van der Waals surface area contributed by atoms with Crippen LogP contribution in [-0.2, 0) is 0 Å². The molecule has 1 aromatic carbocycles. The fourth-order valence-corrected chi connectivity index (χ4v) is 2.25. The van der Waals surface area contributed by atoms with Gasteiger partial charge in [0.1, 0.15) is 0 Å². The van der Waals surface area contributed by atoms with Crippen molar-refractivity contribution >= 4 is 22.3 Å². The lowest BCUT2D eigenvalue weighted by atomic mass is 10.1. The summed E-state index contributed by atoms with van der Waals surface area (Å²) in [5.74, 6) is 0. The van der Waals surface area contributed by atoms with Crippen molar-refractivity contribution in [2.45, 2.75) is 39.2 Å². The van der Waals surface area contributed by atoms with E-state index in [9.17, 15) is 0 Å². The molecule has 2 aromatic rings. The molecular formula is C15H21N3. The van der Waals surface area contributed by atoms with E-state index in [-0.39, 0.29) is 0 Å². The number of anilines is 2. The van der Waals surface area contributed by atoms with Crippen LogP contribution in [0.1, 0.15) is 33.1 Å². The molecule has 1 atom stereocenters. The molecule has 0 saturated heterocycles. The molecule has 96 valence electrons.